The van der Waals surface area contributed by atoms with E-state index in [1.54, 1.807) is 0 Å². The fourth-order valence-electron chi connectivity index (χ4n) is 2.84. The fraction of sp³-hybridized carbons (Fsp3) is 0.294. The molecule has 1 aromatic heterocycles. The maximum atomic E-state index is 12.3. The van der Waals surface area contributed by atoms with Crippen molar-refractivity contribution in [1.82, 2.24) is 15.1 Å². The number of rotatable bonds is 4. The number of amides is 1. The molecule has 126 valence electrons. The quantitative estimate of drug-likeness (QED) is 0.910. The van der Waals surface area contributed by atoms with Gasteiger partial charge in [-0.15, -0.1) is 0 Å². The average Bonchev–Trinajstić information content (AvgIpc) is 3.01. The monoisotopic (exact) mass is 345 g/mol. The highest BCUT2D eigenvalue weighted by atomic mass is 32.2. The van der Waals surface area contributed by atoms with Crippen molar-refractivity contribution in [3.8, 4) is 5.69 Å². The van der Waals surface area contributed by atoms with Crippen LogP contribution in [0.4, 0.5) is 0 Å². The Kier molecular flexibility index (Phi) is 4.28. The maximum Gasteiger partial charge on any atom is 0.225 e. The second kappa shape index (κ2) is 6.24. The van der Waals surface area contributed by atoms with Crippen LogP contribution in [0.5, 0.6) is 0 Å². The molecule has 1 amide bonds. The zero-order valence-electron chi connectivity index (χ0n) is 13.6. The standard InChI is InChI=1S/C17H19N3O3S/c1-12-16(10-17(21)18-14-8-9-24(22,23)11-14)13(2)20(19-12)15-6-4-3-5-7-15/h3-9,14H,10-11H2,1-2H3,(H,18,21). The lowest BCUT2D eigenvalue weighted by atomic mass is 10.1. The van der Waals surface area contributed by atoms with Gasteiger partial charge in [-0.25, -0.2) is 13.1 Å². The summed E-state index contributed by atoms with van der Waals surface area (Å²) in [5, 5.41) is 8.41. The molecule has 0 spiro atoms. The lowest BCUT2D eigenvalue weighted by molar-refractivity contribution is -0.120. The summed E-state index contributed by atoms with van der Waals surface area (Å²) < 4.78 is 24.6. The van der Waals surface area contributed by atoms with E-state index in [1.807, 2.05) is 48.9 Å². The van der Waals surface area contributed by atoms with Crippen LogP contribution in [0.1, 0.15) is 17.0 Å². The van der Waals surface area contributed by atoms with Crippen molar-refractivity contribution < 1.29 is 13.2 Å². The molecule has 24 heavy (non-hydrogen) atoms. The van der Waals surface area contributed by atoms with E-state index in [-0.39, 0.29) is 18.1 Å². The van der Waals surface area contributed by atoms with Crippen LogP contribution >= 0.6 is 0 Å². The van der Waals surface area contributed by atoms with Crippen LogP contribution in [-0.2, 0) is 21.1 Å². The molecule has 0 fully saturated rings. The number of benzene rings is 1. The van der Waals surface area contributed by atoms with Gasteiger partial charge in [-0.05, 0) is 32.1 Å². The summed E-state index contributed by atoms with van der Waals surface area (Å²) in [5.74, 6) is -0.277. The van der Waals surface area contributed by atoms with Crippen LogP contribution in [-0.4, -0.2) is 35.9 Å². The van der Waals surface area contributed by atoms with Gasteiger partial charge in [-0.1, -0.05) is 18.2 Å². The highest BCUT2D eigenvalue weighted by Gasteiger charge is 2.24. The summed E-state index contributed by atoms with van der Waals surface area (Å²) in [6.45, 7) is 3.80. The predicted octanol–water partition coefficient (Wildman–Crippen LogP) is 1.46. The Bertz CT molecular complexity index is 899. The van der Waals surface area contributed by atoms with Crippen LogP contribution in [0.3, 0.4) is 0 Å². The van der Waals surface area contributed by atoms with E-state index < -0.39 is 15.9 Å². The summed E-state index contributed by atoms with van der Waals surface area (Å²) >= 11 is 0. The first-order chi connectivity index (χ1) is 11.4. The third kappa shape index (κ3) is 3.41. The van der Waals surface area contributed by atoms with E-state index >= 15 is 0 Å². The van der Waals surface area contributed by atoms with Crippen molar-refractivity contribution in [3.05, 3.63) is 58.8 Å². The Morgan fingerprint density at radius 1 is 1.29 bits per heavy atom. The second-order valence-electron chi connectivity index (χ2n) is 5.91. The number of para-hydroxylation sites is 1. The Morgan fingerprint density at radius 3 is 2.62 bits per heavy atom. The molecule has 2 aromatic rings. The van der Waals surface area contributed by atoms with E-state index in [2.05, 4.69) is 10.4 Å². The Labute approximate surface area is 141 Å². The van der Waals surface area contributed by atoms with Gasteiger partial charge >= 0.3 is 0 Å². The lowest BCUT2D eigenvalue weighted by Gasteiger charge is -2.10. The highest BCUT2D eigenvalue weighted by molar-refractivity contribution is 7.94. The molecule has 1 N–H and O–H groups in total. The second-order valence-corrected chi connectivity index (χ2v) is 7.84. The predicted molar refractivity (Wildman–Crippen MR) is 91.6 cm³/mol. The third-order valence-electron chi connectivity index (χ3n) is 4.06. The van der Waals surface area contributed by atoms with E-state index in [4.69, 9.17) is 0 Å². The molecule has 1 aliphatic heterocycles. The molecule has 1 atom stereocenters. The van der Waals surface area contributed by atoms with Gasteiger partial charge in [0.2, 0.25) is 5.91 Å². The normalized spacial score (nSPS) is 18.7. The molecule has 0 radical (unpaired) electrons. The maximum absolute atomic E-state index is 12.3. The minimum Gasteiger partial charge on any atom is -0.349 e. The first kappa shape index (κ1) is 16.4. The van der Waals surface area contributed by atoms with E-state index in [0.29, 0.717) is 0 Å². The molecule has 6 nitrogen and oxygen atoms in total. The third-order valence-corrected chi connectivity index (χ3v) is 5.45. The fourth-order valence-corrected chi connectivity index (χ4v) is 4.07. The largest absolute Gasteiger partial charge is 0.349 e. The van der Waals surface area contributed by atoms with Gasteiger partial charge in [-0.3, -0.25) is 4.79 Å². The molecule has 1 aliphatic rings. The number of hydrogen-bond donors (Lipinski definition) is 1. The summed E-state index contributed by atoms with van der Waals surface area (Å²) in [7, 11) is -3.17. The van der Waals surface area contributed by atoms with Gasteiger partial charge in [-0.2, -0.15) is 5.10 Å². The van der Waals surface area contributed by atoms with Gasteiger partial charge in [0.25, 0.3) is 0 Å². The highest BCUT2D eigenvalue weighted by Crippen LogP contribution is 2.18. The van der Waals surface area contributed by atoms with E-state index in [0.717, 1.165) is 28.0 Å². The number of nitrogens with one attached hydrogen (secondary N) is 1. The Hall–Kier alpha value is -2.41. The summed E-state index contributed by atoms with van der Waals surface area (Å²) in [6, 6.07) is 9.27. The average molecular weight is 345 g/mol. The van der Waals surface area contributed by atoms with Gasteiger partial charge in [0.15, 0.2) is 9.84 Å². The molecule has 0 saturated heterocycles. The number of nitrogens with zero attached hydrogens (tertiary/aromatic N) is 2. The number of sulfone groups is 1. The van der Waals surface area contributed by atoms with Crippen LogP contribution in [0, 0.1) is 13.8 Å². The molecule has 0 bridgehead atoms. The molecular formula is C17H19N3O3S. The molecule has 0 aliphatic carbocycles. The summed E-state index contributed by atoms with van der Waals surface area (Å²) in [5.41, 5.74) is 3.50. The van der Waals surface area contributed by atoms with E-state index in [9.17, 15) is 13.2 Å². The summed E-state index contributed by atoms with van der Waals surface area (Å²) in [6.07, 6.45) is 1.69. The van der Waals surface area contributed by atoms with Crippen LogP contribution in [0.25, 0.3) is 5.69 Å². The number of carbonyl (C=O) groups is 1. The van der Waals surface area contributed by atoms with Crippen molar-refractivity contribution >= 4 is 15.7 Å². The number of carbonyl (C=O) groups excluding carboxylic acids is 1. The van der Waals surface area contributed by atoms with Gasteiger partial charge in [0.05, 0.1) is 29.6 Å². The van der Waals surface area contributed by atoms with Crippen molar-refractivity contribution in [2.75, 3.05) is 5.75 Å². The van der Waals surface area contributed by atoms with Crippen molar-refractivity contribution in [1.29, 1.82) is 0 Å². The molecule has 2 heterocycles. The smallest absolute Gasteiger partial charge is 0.225 e. The SMILES string of the molecule is Cc1nn(-c2ccccc2)c(C)c1CC(=O)NC1C=CS(=O)(=O)C1. The van der Waals surface area contributed by atoms with Crippen LogP contribution in [0.15, 0.2) is 41.8 Å². The zero-order chi connectivity index (χ0) is 17.3. The number of aryl methyl sites for hydroxylation is 1. The topological polar surface area (TPSA) is 81.1 Å². The minimum atomic E-state index is -3.17. The minimum absolute atomic E-state index is 0.0695. The lowest BCUT2D eigenvalue weighted by Crippen LogP contribution is -2.36. The first-order valence-corrected chi connectivity index (χ1v) is 9.38. The molecule has 0 saturated carbocycles. The van der Waals surface area contributed by atoms with Gasteiger partial charge in [0.1, 0.15) is 0 Å². The van der Waals surface area contributed by atoms with Gasteiger partial charge in [0, 0.05) is 16.7 Å². The van der Waals surface area contributed by atoms with Crippen molar-refractivity contribution in [3.63, 3.8) is 0 Å². The number of aromatic nitrogens is 2. The molecule has 1 aromatic carbocycles. The van der Waals surface area contributed by atoms with Crippen molar-refractivity contribution in [2.45, 2.75) is 26.3 Å². The van der Waals surface area contributed by atoms with Gasteiger partial charge < -0.3 is 5.32 Å². The van der Waals surface area contributed by atoms with Crippen LogP contribution in [0.2, 0.25) is 0 Å². The Balaban J connectivity index is 1.75. The molecule has 1 unspecified atom stereocenters. The zero-order valence-corrected chi connectivity index (χ0v) is 14.4. The molecule has 7 heteroatoms. The molecular weight excluding hydrogens is 326 g/mol. The first-order valence-electron chi connectivity index (χ1n) is 7.66. The van der Waals surface area contributed by atoms with Crippen LogP contribution < -0.4 is 5.32 Å². The number of hydrogen-bond acceptors (Lipinski definition) is 4. The Morgan fingerprint density at radius 2 is 2.00 bits per heavy atom. The van der Waals surface area contributed by atoms with Crippen molar-refractivity contribution in [2.24, 2.45) is 0 Å². The van der Waals surface area contributed by atoms with E-state index in [1.165, 1.54) is 6.08 Å². The molecule has 3 rings (SSSR count). The summed E-state index contributed by atoms with van der Waals surface area (Å²) in [4.78, 5) is 12.3.